The number of amides is 1. The summed E-state index contributed by atoms with van der Waals surface area (Å²) in [6.45, 7) is 12.2. The molecule has 1 amide bonds. The van der Waals surface area contributed by atoms with E-state index in [1.165, 1.54) is 11.3 Å². The summed E-state index contributed by atoms with van der Waals surface area (Å²) in [6, 6.07) is 8.66. The van der Waals surface area contributed by atoms with Crippen molar-refractivity contribution in [3.05, 3.63) is 29.8 Å². The molecule has 1 aromatic rings. The van der Waals surface area contributed by atoms with Crippen LogP contribution in [0.5, 0.6) is 0 Å². The van der Waals surface area contributed by atoms with E-state index in [-0.39, 0.29) is 55.1 Å². The number of hydrogen-bond donors (Lipinski definition) is 2. The highest BCUT2D eigenvalue weighted by Crippen LogP contribution is 2.17. The zero-order chi connectivity index (χ0) is 18.2. The Morgan fingerprint density at radius 2 is 1.75 bits per heavy atom. The number of carbonyl (C=O) groups is 1. The highest BCUT2D eigenvalue weighted by molar-refractivity contribution is 5.86. The van der Waals surface area contributed by atoms with Crippen molar-refractivity contribution in [1.29, 1.82) is 0 Å². The summed E-state index contributed by atoms with van der Waals surface area (Å²) in [5.74, 6) is -0.0449. The third-order valence-electron chi connectivity index (χ3n) is 5.14. The third kappa shape index (κ3) is 9.66. The Morgan fingerprint density at radius 1 is 1.11 bits per heavy atom. The van der Waals surface area contributed by atoms with Crippen LogP contribution in [0.25, 0.3) is 0 Å². The molecule has 1 aliphatic rings. The minimum absolute atomic E-state index is 0. The molecule has 0 saturated carbocycles. The minimum atomic E-state index is -0.116. The summed E-state index contributed by atoms with van der Waals surface area (Å²) in [6.07, 6.45) is 2.15. The Kier molecular flexibility index (Phi) is 16.0. The van der Waals surface area contributed by atoms with Gasteiger partial charge in [-0.2, -0.15) is 0 Å². The molecular formula is C20H37Cl3N4O. The minimum Gasteiger partial charge on any atom is -0.369 e. The fraction of sp³-hybridized carbons (Fsp3) is 0.650. The van der Waals surface area contributed by atoms with Gasteiger partial charge in [0.25, 0.3) is 0 Å². The lowest BCUT2D eigenvalue weighted by molar-refractivity contribution is -0.124. The molecule has 0 radical (unpaired) electrons. The number of nitrogens with one attached hydrogen (secondary N) is 1. The summed E-state index contributed by atoms with van der Waals surface area (Å²) in [4.78, 5) is 16.8. The molecule has 0 aliphatic carbocycles. The lowest BCUT2D eigenvalue weighted by Gasteiger charge is -2.36. The molecule has 28 heavy (non-hydrogen) atoms. The molecule has 0 aromatic heterocycles. The average molecular weight is 456 g/mol. The number of halogens is 3. The smallest absolute Gasteiger partial charge is 0.224 e. The first-order valence-electron chi connectivity index (χ1n) is 9.54. The Bertz CT molecular complexity index is 552. The van der Waals surface area contributed by atoms with Gasteiger partial charge in [0.1, 0.15) is 0 Å². The van der Waals surface area contributed by atoms with Crippen LogP contribution in [0.3, 0.4) is 0 Å². The van der Waals surface area contributed by atoms with Crippen molar-refractivity contribution in [3.8, 4) is 0 Å². The van der Waals surface area contributed by atoms with Crippen molar-refractivity contribution in [2.24, 2.45) is 11.7 Å². The van der Waals surface area contributed by atoms with Gasteiger partial charge in [0.15, 0.2) is 0 Å². The lowest BCUT2D eigenvalue weighted by Crippen LogP contribution is -2.46. The molecule has 2 rings (SSSR count). The maximum absolute atomic E-state index is 11.8. The number of nitrogens with two attached hydrogens (primary N) is 1. The predicted octanol–water partition coefficient (Wildman–Crippen LogP) is 3.26. The molecule has 0 bridgehead atoms. The molecule has 2 unspecified atom stereocenters. The second-order valence-corrected chi connectivity index (χ2v) is 7.31. The van der Waals surface area contributed by atoms with Crippen LogP contribution >= 0.6 is 37.2 Å². The Morgan fingerprint density at radius 3 is 2.32 bits per heavy atom. The molecule has 8 heteroatoms. The Hall–Kier alpha value is -0.720. The predicted molar refractivity (Wildman–Crippen MR) is 127 cm³/mol. The van der Waals surface area contributed by atoms with Crippen molar-refractivity contribution in [3.63, 3.8) is 0 Å². The fourth-order valence-corrected chi connectivity index (χ4v) is 3.13. The van der Waals surface area contributed by atoms with Crippen LogP contribution in [0.2, 0.25) is 0 Å². The topological polar surface area (TPSA) is 61.6 Å². The number of aryl methyl sites for hydroxylation is 1. The van der Waals surface area contributed by atoms with Crippen LogP contribution in [0, 0.1) is 12.8 Å². The molecule has 0 spiro atoms. The number of rotatable bonds is 8. The highest BCUT2D eigenvalue weighted by atomic mass is 35.5. The second-order valence-electron chi connectivity index (χ2n) is 7.31. The van der Waals surface area contributed by atoms with Gasteiger partial charge in [0.2, 0.25) is 5.91 Å². The molecular weight excluding hydrogens is 419 g/mol. The lowest BCUT2D eigenvalue weighted by atomic mass is 10.0. The molecule has 2 atom stereocenters. The first-order valence-corrected chi connectivity index (χ1v) is 9.54. The first-order chi connectivity index (χ1) is 12.0. The quantitative estimate of drug-likeness (QED) is 0.591. The van der Waals surface area contributed by atoms with E-state index in [4.69, 9.17) is 5.73 Å². The molecule has 1 aromatic carbocycles. The van der Waals surface area contributed by atoms with Gasteiger partial charge < -0.3 is 16.0 Å². The number of carbonyl (C=O) groups excluding carboxylic acids is 1. The van der Waals surface area contributed by atoms with Crippen LogP contribution in [0.15, 0.2) is 24.3 Å². The van der Waals surface area contributed by atoms with Crippen molar-refractivity contribution in [2.75, 3.05) is 44.2 Å². The van der Waals surface area contributed by atoms with Crippen LogP contribution in [0.4, 0.5) is 5.69 Å². The van der Waals surface area contributed by atoms with Gasteiger partial charge in [-0.1, -0.05) is 19.1 Å². The number of unbranched alkanes of at least 4 members (excludes halogenated alkanes) is 1. The Balaban J connectivity index is 0. The van der Waals surface area contributed by atoms with Crippen molar-refractivity contribution >= 4 is 48.8 Å². The van der Waals surface area contributed by atoms with Gasteiger partial charge >= 0.3 is 0 Å². The van der Waals surface area contributed by atoms with Gasteiger partial charge in [-0.05, 0) is 50.9 Å². The number of nitrogens with zero attached hydrogens (tertiary/aromatic N) is 2. The fourth-order valence-electron chi connectivity index (χ4n) is 3.13. The van der Waals surface area contributed by atoms with Crippen LogP contribution in [0.1, 0.15) is 32.3 Å². The monoisotopic (exact) mass is 454 g/mol. The summed E-state index contributed by atoms with van der Waals surface area (Å²) < 4.78 is 0. The summed E-state index contributed by atoms with van der Waals surface area (Å²) >= 11 is 0. The summed E-state index contributed by atoms with van der Waals surface area (Å²) in [5.41, 5.74) is 8.41. The van der Waals surface area contributed by atoms with Gasteiger partial charge in [-0.15, -0.1) is 37.2 Å². The number of anilines is 1. The summed E-state index contributed by atoms with van der Waals surface area (Å²) in [7, 11) is 0. The average Bonchev–Trinajstić information content (AvgIpc) is 2.61. The standard InChI is InChI=1S/C20H34N4O.3ClH/c1-16-7-6-8-19(15-16)24-13-11-23(12-14-24)10-5-4-9-22-20(25)17(2)18(3)21;;;/h6-8,15,17-18H,4-5,9-14,21H2,1-3H3,(H,22,25);3*1H. The molecule has 1 aliphatic heterocycles. The SMILES string of the molecule is Cc1cccc(N2CCN(CCCCNC(=O)C(C)C(C)N)CC2)c1.Cl.Cl.Cl. The van der Waals surface area contributed by atoms with E-state index in [1.54, 1.807) is 0 Å². The largest absolute Gasteiger partial charge is 0.369 e. The maximum Gasteiger partial charge on any atom is 0.224 e. The van der Waals surface area contributed by atoms with E-state index >= 15 is 0 Å². The van der Waals surface area contributed by atoms with Crippen LogP contribution < -0.4 is 16.0 Å². The zero-order valence-electron chi connectivity index (χ0n) is 17.2. The second kappa shape index (κ2) is 15.2. The van der Waals surface area contributed by atoms with Crippen LogP contribution in [-0.4, -0.2) is 56.1 Å². The number of hydrogen-bond acceptors (Lipinski definition) is 4. The van der Waals surface area contributed by atoms with E-state index in [1.807, 2.05) is 13.8 Å². The number of piperazine rings is 1. The van der Waals surface area contributed by atoms with E-state index < -0.39 is 0 Å². The molecule has 3 N–H and O–H groups in total. The van der Waals surface area contributed by atoms with E-state index in [0.29, 0.717) is 0 Å². The van der Waals surface area contributed by atoms with Crippen molar-refractivity contribution in [2.45, 2.75) is 39.7 Å². The third-order valence-corrected chi connectivity index (χ3v) is 5.14. The van der Waals surface area contributed by atoms with E-state index in [2.05, 4.69) is 46.3 Å². The van der Waals surface area contributed by atoms with Gasteiger partial charge in [0, 0.05) is 50.4 Å². The van der Waals surface area contributed by atoms with Crippen molar-refractivity contribution in [1.82, 2.24) is 10.2 Å². The van der Waals surface area contributed by atoms with Crippen LogP contribution in [-0.2, 0) is 4.79 Å². The Labute approximate surface area is 189 Å². The maximum atomic E-state index is 11.8. The molecule has 1 saturated heterocycles. The molecule has 1 fully saturated rings. The van der Waals surface area contributed by atoms with Gasteiger partial charge in [0.05, 0.1) is 0 Å². The summed E-state index contributed by atoms with van der Waals surface area (Å²) in [5, 5.41) is 2.99. The van der Waals surface area contributed by atoms with Gasteiger partial charge in [-0.3, -0.25) is 9.69 Å². The molecule has 1 heterocycles. The zero-order valence-corrected chi connectivity index (χ0v) is 19.7. The normalized spacial score (nSPS) is 16.1. The van der Waals surface area contributed by atoms with E-state index in [0.717, 1.165) is 52.1 Å². The van der Waals surface area contributed by atoms with E-state index in [9.17, 15) is 4.79 Å². The highest BCUT2D eigenvalue weighted by Gasteiger charge is 2.18. The molecule has 164 valence electrons. The number of benzene rings is 1. The first kappa shape index (κ1) is 29.5. The van der Waals surface area contributed by atoms with Crippen molar-refractivity contribution < 1.29 is 4.79 Å². The van der Waals surface area contributed by atoms with Gasteiger partial charge in [-0.25, -0.2) is 0 Å². The molecule has 5 nitrogen and oxygen atoms in total.